The van der Waals surface area contributed by atoms with Gasteiger partial charge in [0.15, 0.2) is 5.96 Å². The number of hydrogen-bond donors (Lipinski definition) is 9. The van der Waals surface area contributed by atoms with Gasteiger partial charge in [0.1, 0.15) is 17.3 Å². The molecule has 0 aliphatic carbocycles. The van der Waals surface area contributed by atoms with Gasteiger partial charge in [-0.2, -0.15) is 0 Å². The number of unbranched alkanes of at least 4 members (excludes halogenated alkanes) is 1. The number of carbonyl (C=O) groups is 5. The average molecular weight is 814 g/mol. The largest absolute Gasteiger partial charge is 0.508 e. The van der Waals surface area contributed by atoms with E-state index >= 15 is 0 Å². The van der Waals surface area contributed by atoms with E-state index in [4.69, 9.17) is 42.9 Å². The monoisotopic (exact) mass is 813 g/mol. The number of phenolic OH excluding ortho intramolecular Hbond substituents is 1. The van der Waals surface area contributed by atoms with Crippen molar-refractivity contribution >= 4 is 35.5 Å². The van der Waals surface area contributed by atoms with Gasteiger partial charge >= 0.3 is 0 Å². The number of aromatic hydroxyl groups is 1. The normalized spacial score (nSPS) is 13.7. The molecule has 0 fully saturated rings. The number of nitrogens with one attached hydrogen (secondary N) is 3. The van der Waals surface area contributed by atoms with E-state index in [9.17, 15) is 29.1 Å². The number of nitrogens with zero attached hydrogens (tertiary/aromatic N) is 1. The Bertz CT molecular complexity index is 1630. The van der Waals surface area contributed by atoms with Crippen molar-refractivity contribution in [3.8, 4) is 5.75 Å². The van der Waals surface area contributed by atoms with E-state index < -0.39 is 47.2 Å². The maximum atomic E-state index is 14.5. The van der Waals surface area contributed by atoms with E-state index in [1.807, 2.05) is 0 Å². The molecule has 2 aromatic carbocycles. The van der Waals surface area contributed by atoms with Crippen molar-refractivity contribution in [2.24, 2.45) is 39.6 Å². The van der Waals surface area contributed by atoms with Gasteiger partial charge in [-0.3, -0.25) is 29.0 Å². The van der Waals surface area contributed by atoms with Gasteiger partial charge in [0.2, 0.25) is 29.5 Å². The van der Waals surface area contributed by atoms with E-state index in [0.29, 0.717) is 61.5 Å². The molecule has 0 saturated carbocycles. The van der Waals surface area contributed by atoms with Gasteiger partial charge < -0.3 is 63.9 Å². The van der Waals surface area contributed by atoms with Crippen LogP contribution in [-0.2, 0) is 51.0 Å². The van der Waals surface area contributed by atoms with Crippen LogP contribution in [-0.4, -0.2) is 111 Å². The number of phenols is 1. The minimum absolute atomic E-state index is 0.0218. The second-order valence-corrected chi connectivity index (χ2v) is 14.1. The first-order chi connectivity index (χ1) is 27.6. The molecule has 5 amide bonds. The predicted molar refractivity (Wildman–Crippen MR) is 219 cm³/mol. The third-order valence-electron chi connectivity index (χ3n) is 9.63. The molecular weight excluding hydrogens is 750 g/mol. The van der Waals surface area contributed by atoms with Crippen LogP contribution in [0.3, 0.4) is 0 Å². The van der Waals surface area contributed by atoms with Crippen LogP contribution in [0, 0.1) is 19.8 Å². The van der Waals surface area contributed by atoms with Gasteiger partial charge in [0.25, 0.3) is 0 Å². The number of guanidine groups is 1. The Kier molecular flexibility index (Phi) is 21.8. The van der Waals surface area contributed by atoms with Crippen molar-refractivity contribution in [3.63, 3.8) is 0 Å². The maximum Gasteiger partial charge on any atom is 0.244 e. The molecule has 322 valence electrons. The maximum absolute atomic E-state index is 14.5. The molecule has 0 aliphatic rings. The predicted octanol–water partition coefficient (Wildman–Crippen LogP) is -0.542. The molecule has 0 saturated heterocycles. The zero-order chi connectivity index (χ0) is 43.1. The highest BCUT2D eigenvalue weighted by Gasteiger charge is 2.49. The van der Waals surface area contributed by atoms with Crippen LogP contribution in [0.4, 0.5) is 0 Å². The highest BCUT2D eigenvalue weighted by Crippen LogP contribution is 2.29. The molecule has 0 aliphatic heterocycles. The summed E-state index contributed by atoms with van der Waals surface area (Å²) >= 11 is 0. The summed E-state index contributed by atoms with van der Waals surface area (Å²) in [6, 6.07) is 9.50. The van der Waals surface area contributed by atoms with Crippen molar-refractivity contribution in [2.75, 3.05) is 53.2 Å². The van der Waals surface area contributed by atoms with Crippen LogP contribution in [0.15, 0.2) is 47.5 Å². The SMILES string of the molecule is COCCOCCOCCC(=O)NCCCCC(NC(=O)[C@H](Cc1c(C)cc(O)cc1C)NC(=O)[C@H](N)CCCN=C(N)N)(C(N)=O)[C@H](Cc1ccccc1)C(N)=O. The van der Waals surface area contributed by atoms with Crippen LogP contribution in [0.2, 0.25) is 0 Å². The highest BCUT2D eigenvalue weighted by molar-refractivity contribution is 5.98. The summed E-state index contributed by atoms with van der Waals surface area (Å²) in [5.74, 6) is -5.00. The number of ether oxygens (including phenoxy) is 3. The lowest BCUT2D eigenvalue weighted by molar-refractivity contribution is -0.140. The minimum Gasteiger partial charge on any atom is -0.508 e. The highest BCUT2D eigenvalue weighted by atomic mass is 16.5. The second-order valence-electron chi connectivity index (χ2n) is 14.1. The first-order valence-electron chi connectivity index (χ1n) is 19.4. The molecule has 2 rings (SSSR count). The van der Waals surface area contributed by atoms with Gasteiger partial charge in [-0.1, -0.05) is 30.3 Å². The van der Waals surface area contributed by atoms with Crippen LogP contribution >= 0.6 is 0 Å². The number of carbonyl (C=O) groups excluding carboxylic acids is 5. The van der Waals surface area contributed by atoms with E-state index in [1.54, 1.807) is 51.3 Å². The lowest BCUT2D eigenvalue weighted by Crippen LogP contribution is -2.67. The smallest absolute Gasteiger partial charge is 0.244 e. The van der Waals surface area contributed by atoms with Crippen LogP contribution < -0.4 is 44.6 Å². The number of aliphatic imine (C=N–C) groups is 1. The molecule has 0 bridgehead atoms. The fraction of sp³-hybridized carbons (Fsp3) is 0.550. The summed E-state index contributed by atoms with van der Waals surface area (Å²) in [7, 11) is 1.58. The lowest BCUT2D eigenvalue weighted by atomic mass is 9.75. The first kappa shape index (κ1) is 48.8. The molecule has 18 heteroatoms. The molecule has 2 aromatic rings. The number of amides is 5. The Morgan fingerprint density at radius 2 is 1.48 bits per heavy atom. The molecule has 4 atom stereocenters. The average Bonchev–Trinajstić information content (AvgIpc) is 3.16. The van der Waals surface area contributed by atoms with Gasteiger partial charge in [0.05, 0.1) is 45.0 Å². The number of hydrogen-bond acceptors (Lipinski definition) is 11. The zero-order valence-electron chi connectivity index (χ0n) is 33.9. The molecule has 0 radical (unpaired) electrons. The fourth-order valence-corrected chi connectivity index (χ4v) is 6.46. The number of rotatable bonds is 29. The molecule has 0 aromatic heterocycles. The standard InChI is InChI=1S/C40H63N9O9/c1-26-22-29(50)23-27(2)30(26)25-33(48-36(53)32(41)12-9-16-47-39(44)45)37(54)49-40(38(43)55,31(35(42)52)24-28-10-5-4-6-11-28)14-7-8-15-46-34(51)13-17-57-20-21-58-19-18-56-3/h4-6,10-11,22-23,31-33,50H,7-9,12-21,24-25,41H2,1-3H3,(H2,42,52)(H2,43,55)(H,46,51)(H,48,53)(H,49,54)(H4,44,45,47)/t31-,32-,33+,40?/m1/s1. The van der Waals surface area contributed by atoms with E-state index in [2.05, 4.69) is 20.9 Å². The molecule has 14 N–H and O–H groups in total. The fourth-order valence-electron chi connectivity index (χ4n) is 6.46. The van der Waals surface area contributed by atoms with Crippen molar-refractivity contribution in [3.05, 3.63) is 64.7 Å². The van der Waals surface area contributed by atoms with Crippen molar-refractivity contribution < 1.29 is 43.3 Å². The minimum atomic E-state index is -2.02. The Morgan fingerprint density at radius 1 is 0.845 bits per heavy atom. The molecular formula is C40H63N9O9. The summed E-state index contributed by atoms with van der Waals surface area (Å²) in [6.45, 7) is 5.77. The second kappa shape index (κ2) is 25.9. The quantitative estimate of drug-likeness (QED) is 0.0284. The number of benzene rings is 2. The topological polar surface area (TPSA) is 312 Å². The van der Waals surface area contributed by atoms with Gasteiger partial charge in [0, 0.05) is 33.0 Å². The number of nitrogens with two attached hydrogens (primary N) is 5. The van der Waals surface area contributed by atoms with Crippen molar-refractivity contribution in [1.82, 2.24) is 16.0 Å². The van der Waals surface area contributed by atoms with E-state index in [1.165, 1.54) is 12.1 Å². The van der Waals surface area contributed by atoms with E-state index in [-0.39, 0.29) is 75.8 Å². The third kappa shape index (κ3) is 17.1. The summed E-state index contributed by atoms with van der Waals surface area (Å²) < 4.78 is 15.7. The van der Waals surface area contributed by atoms with Crippen molar-refractivity contribution in [1.29, 1.82) is 0 Å². The van der Waals surface area contributed by atoms with Crippen LogP contribution in [0.5, 0.6) is 5.75 Å². The van der Waals surface area contributed by atoms with E-state index in [0.717, 1.165) is 0 Å². The summed E-state index contributed by atoms with van der Waals surface area (Å²) in [6.07, 6.45) is 1.03. The van der Waals surface area contributed by atoms with Crippen LogP contribution in [0.25, 0.3) is 0 Å². The Morgan fingerprint density at radius 3 is 2.09 bits per heavy atom. The van der Waals surface area contributed by atoms with Crippen molar-refractivity contribution in [2.45, 2.75) is 82.8 Å². The number of aryl methyl sites for hydroxylation is 2. The Hall–Kier alpha value is -5.30. The zero-order valence-corrected chi connectivity index (χ0v) is 33.9. The third-order valence-corrected chi connectivity index (χ3v) is 9.63. The number of primary amides is 2. The molecule has 58 heavy (non-hydrogen) atoms. The Labute approximate surface area is 340 Å². The van der Waals surface area contributed by atoms with Gasteiger partial charge in [-0.25, -0.2) is 0 Å². The summed E-state index contributed by atoms with van der Waals surface area (Å²) in [5.41, 5.74) is 29.7. The lowest BCUT2D eigenvalue weighted by Gasteiger charge is -2.39. The molecule has 0 heterocycles. The van der Waals surface area contributed by atoms with Gasteiger partial charge in [-0.05, 0) is 86.8 Å². The molecule has 18 nitrogen and oxygen atoms in total. The van der Waals surface area contributed by atoms with Crippen LogP contribution in [0.1, 0.15) is 60.8 Å². The number of methoxy groups -OCH3 is 1. The molecule has 0 spiro atoms. The van der Waals surface area contributed by atoms with Gasteiger partial charge in [-0.15, -0.1) is 0 Å². The molecule has 1 unspecified atom stereocenters. The summed E-state index contributed by atoms with van der Waals surface area (Å²) in [4.78, 5) is 71.3. The summed E-state index contributed by atoms with van der Waals surface area (Å²) in [5, 5.41) is 18.5. The Balaban J connectivity index is 2.35. The first-order valence-corrected chi connectivity index (χ1v) is 19.4.